The summed E-state index contributed by atoms with van der Waals surface area (Å²) < 4.78 is 10.8. The molecule has 1 unspecified atom stereocenters. The molecule has 1 aliphatic rings. The topological polar surface area (TPSA) is 56.5 Å². The fraction of sp³-hybridized carbons (Fsp3) is 0.600. The van der Waals surface area contributed by atoms with Crippen molar-refractivity contribution in [3.05, 3.63) is 23.8 Å². The molecule has 1 aromatic carbocycles. The van der Waals surface area contributed by atoms with Gasteiger partial charge in [0.2, 0.25) is 0 Å². The minimum Gasteiger partial charge on any atom is -0.497 e. The highest BCUT2D eigenvalue weighted by Crippen LogP contribution is 2.38. The van der Waals surface area contributed by atoms with Crippen molar-refractivity contribution in [3.63, 3.8) is 0 Å². The van der Waals surface area contributed by atoms with Crippen molar-refractivity contribution in [2.75, 3.05) is 14.2 Å². The Balaban J connectivity index is 2.29. The van der Waals surface area contributed by atoms with E-state index in [4.69, 9.17) is 15.3 Å². The molecule has 106 valence electrons. The molecule has 2 rings (SSSR count). The number of hydrogen-bond acceptors (Lipinski definition) is 4. The number of rotatable bonds is 5. The minimum absolute atomic E-state index is 0.130. The van der Waals surface area contributed by atoms with Gasteiger partial charge in [0.05, 0.1) is 20.3 Å². The van der Waals surface area contributed by atoms with Crippen LogP contribution in [0, 0.1) is 5.92 Å². The second kappa shape index (κ2) is 6.78. The third kappa shape index (κ3) is 3.19. The zero-order valence-corrected chi connectivity index (χ0v) is 11.8. The molecule has 1 aromatic rings. The maximum absolute atomic E-state index is 5.80. The molecule has 0 aliphatic heterocycles. The van der Waals surface area contributed by atoms with Crippen LogP contribution in [-0.2, 0) is 0 Å². The smallest absolute Gasteiger partial charge is 0.123 e. The maximum Gasteiger partial charge on any atom is 0.123 e. The largest absolute Gasteiger partial charge is 0.497 e. The van der Waals surface area contributed by atoms with Gasteiger partial charge in [-0.15, -0.1) is 0 Å². The van der Waals surface area contributed by atoms with Crippen molar-refractivity contribution < 1.29 is 9.47 Å². The van der Waals surface area contributed by atoms with Crippen LogP contribution in [0.2, 0.25) is 0 Å². The van der Waals surface area contributed by atoms with Crippen molar-refractivity contribution in [2.45, 2.75) is 38.1 Å². The van der Waals surface area contributed by atoms with Crippen molar-refractivity contribution in [3.8, 4) is 11.5 Å². The summed E-state index contributed by atoms with van der Waals surface area (Å²) in [5, 5.41) is 0. The lowest BCUT2D eigenvalue weighted by Crippen LogP contribution is -2.34. The zero-order valence-electron chi connectivity index (χ0n) is 11.8. The van der Waals surface area contributed by atoms with Crippen molar-refractivity contribution in [2.24, 2.45) is 11.8 Å². The van der Waals surface area contributed by atoms with Crippen LogP contribution in [0.3, 0.4) is 0 Å². The van der Waals surface area contributed by atoms with E-state index < -0.39 is 0 Å². The lowest BCUT2D eigenvalue weighted by atomic mass is 9.81. The number of nitrogens with two attached hydrogens (primary N) is 1. The summed E-state index contributed by atoms with van der Waals surface area (Å²) in [5.41, 5.74) is 4.07. The summed E-state index contributed by atoms with van der Waals surface area (Å²) in [6.45, 7) is 0. The Morgan fingerprint density at radius 3 is 2.47 bits per heavy atom. The van der Waals surface area contributed by atoms with Crippen LogP contribution in [0.15, 0.2) is 18.2 Å². The van der Waals surface area contributed by atoms with Crippen LogP contribution in [-0.4, -0.2) is 14.2 Å². The normalized spacial score (nSPS) is 18.1. The molecule has 0 radical (unpaired) electrons. The molecule has 0 saturated heterocycles. The Hall–Kier alpha value is -1.26. The fourth-order valence-corrected chi connectivity index (χ4v) is 3.03. The molecule has 0 bridgehead atoms. The average Bonchev–Trinajstić information content (AvgIpc) is 2.49. The summed E-state index contributed by atoms with van der Waals surface area (Å²) in [6.07, 6.45) is 6.34. The predicted octanol–water partition coefficient (Wildman–Crippen LogP) is 2.79. The standard InChI is InChI=1S/C15H24N2O2/c1-18-12-8-9-14(19-2)13(10-12)15(17-16)11-6-4-3-5-7-11/h8-11,15,17H,3-7,16H2,1-2H3. The second-order valence-electron chi connectivity index (χ2n) is 5.15. The number of methoxy groups -OCH3 is 2. The fourth-order valence-electron chi connectivity index (χ4n) is 3.03. The molecule has 0 spiro atoms. The summed E-state index contributed by atoms with van der Waals surface area (Å²) in [4.78, 5) is 0. The van der Waals surface area contributed by atoms with E-state index in [0.717, 1.165) is 17.1 Å². The van der Waals surface area contributed by atoms with Crippen LogP contribution >= 0.6 is 0 Å². The van der Waals surface area contributed by atoms with Crippen LogP contribution in [0.1, 0.15) is 43.7 Å². The Labute approximate surface area is 115 Å². The van der Waals surface area contributed by atoms with Crippen molar-refractivity contribution in [1.82, 2.24) is 5.43 Å². The van der Waals surface area contributed by atoms with Crippen molar-refractivity contribution >= 4 is 0 Å². The van der Waals surface area contributed by atoms with Gasteiger partial charge < -0.3 is 9.47 Å². The Morgan fingerprint density at radius 1 is 1.16 bits per heavy atom. The number of benzene rings is 1. The quantitative estimate of drug-likeness (QED) is 0.634. The Bertz CT molecular complexity index is 403. The molecule has 1 aliphatic carbocycles. The molecular formula is C15H24N2O2. The van der Waals surface area contributed by atoms with Gasteiger partial charge in [0.15, 0.2) is 0 Å². The van der Waals surface area contributed by atoms with Gasteiger partial charge in [0, 0.05) is 5.56 Å². The van der Waals surface area contributed by atoms with Gasteiger partial charge in [-0.2, -0.15) is 0 Å². The first kappa shape index (κ1) is 14.2. The Morgan fingerprint density at radius 2 is 1.89 bits per heavy atom. The van der Waals surface area contributed by atoms with E-state index in [1.165, 1.54) is 32.1 Å². The van der Waals surface area contributed by atoms with E-state index in [9.17, 15) is 0 Å². The van der Waals surface area contributed by atoms with Gasteiger partial charge in [-0.3, -0.25) is 11.3 Å². The monoisotopic (exact) mass is 264 g/mol. The molecular weight excluding hydrogens is 240 g/mol. The van der Waals surface area contributed by atoms with Crippen LogP contribution in [0.4, 0.5) is 0 Å². The van der Waals surface area contributed by atoms with Gasteiger partial charge in [-0.05, 0) is 37.0 Å². The first-order chi connectivity index (χ1) is 9.30. The summed E-state index contributed by atoms with van der Waals surface area (Å²) >= 11 is 0. The predicted molar refractivity (Wildman–Crippen MR) is 76.2 cm³/mol. The lowest BCUT2D eigenvalue weighted by molar-refractivity contribution is 0.266. The Kier molecular flexibility index (Phi) is 5.05. The molecule has 1 atom stereocenters. The van der Waals surface area contributed by atoms with E-state index in [1.54, 1.807) is 14.2 Å². The number of nitrogens with one attached hydrogen (secondary N) is 1. The number of hydrogen-bond donors (Lipinski definition) is 2. The lowest BCUT2D eigenvalue weighted by Gasteiger charge is -2.31. The molecule has 0 amide bonds. The van der Waals surface area contributed by atoms with E-state index >= 15 is 0 Å². The van der Waals surface area contributed by atoms with E-state index in [2.05, 4.69) is 5.43 Å². The second-order valence-corrected chi connectivity index (χ2v) is 5.15. The average molecular weight is 264 g/mol. The molecule has 0 heterocycles. The zero-order chi connectivity index (χ0) is 13.7. The molecule has 3 N–H and O–H groups in total. The highest BCUT2D eigenvalue weighted by Gasteiger charge is 2.26. The summed E-state index contributed by atoms with van der Waals surface area (Å²) in [5.74, 6) is 8.08. The van der Waals surface area contributed by atoms with Crippen molar-refractivity contribution in [1.29, 1.82) is 0 Å². The molecule has 4 nitrogen and oxygen atoms in total. The number of hydrazine groups is 1. The highest BCUT2D eigenvalue weighted by atomic mass is 16.5. The summed E-state index contributed by atoms with van der Waals surface area (Å²) in [7, 11) is 3.37. The third-order valence-electron chi connectivity index (χ3n) is 4.07. The van der Waals surface area contributed by atoms with E-state index in [1.807, 2.05) is 18.2 Å². The first-order valence-corrected chi connectivity index (χ1v) is 6.98. The molecule has 1 fully saturated rings. The number of ether oxygens (including phenoxy) is 2. The highest BCUT2D eigenvalue weighted by molar-refractivity contribution is 5.42. The van der Waals surface area contributed by atoms with Crippen LogP contribution < -0.4 is 20.7 Å². The van der Waals surface area contributed by atoms with Gasteiger partial charge in [-0.25, -0.2) is 0 Å². The maximum atomic E-state index is 5.80. The SMILES string of the molecule is COc1ccc(OC)c(C(NN)C2CCCCC2)c1. The van der Waals surface area contributed by atoms with E-state index in [-0.39, 0.29) is 6.04 Å². The third-order valence-corrected chi connectivity index (χ3v) is 4.07. The molecule has 1 saturated carbocycles. The summed E-state index contributed by atoms with van der Waals surface area (Å²) in [6, 6.07) is 6.01. The van der Waals surface area contributed by atoms with Gasteiger partial charge in [-0.1, -0.05) is 19.3 Å². The van der Waals surface area contributed by atoms with Gasteiger partial charge >= 0.3 is 0 Å². The first-order valence-electron chi connectivity index (χ1n) is 6.98. The van der Waals surface area contributed by atoms with Gasteiger partial charge in [0.1, 0.15) is 11.5 Å². The molecule has 19 heavy (non-hydrogen) atoms. The minimum atomic E-state index is 0.130. The van der Waals surface area contributed by atoms with E-state index in [0.29, 0.717) is 5.92 Å². The molecule has 4 heteroatoms. The van der Waals surface area contributed by atoms with Gasteiger partial charge in [0.25, 0.3) is 0 Å². The van der Waals surface area contributed by atoms with Crippen LogP contribution in [0.5, 0.6) is 11.5 Å². The van der Waals surface area contributed by atoms with Crippen LogP contribution in [0.25, 0.3) is 0 Å². The molecule has 0 aromatic heterocycles.